The summed E-state index contributed by atoms with van der Waals surface area (Å²) in [5.74, 6) is 0. The molecule has 5 nitrogen and oxygen atoms in total. The van der Waals surface area contributed by atoms with E-state index in [1.165, 1.54) is 0 Å². The summed E-state index contributed by atoms with van der Waals surface area (Å²) in [4.78, 5) is 17.1. The summed E-state index contributed by atoms with van der Waals surface area (Å²) in [6.07, 6.45) is 0. The lowest BCUT2D eigenvalue weighted by Gasteiger charge is -2.26. The van der Waals surface area contributed by atoms with E-state index in [4.69, 9.17) is 16.3 Å². The smallest absolute Gasteiger partial charge is 0.326 e. The molecule has 0 bridgehead atoms. The van der Waals surface area contributed by atoms with Crippen LogP contribution in [-0.4, -0.2) is 47.3 Å². The number of morpholine rings is 1. The fourth-order valence-corrected chi connectivity index (χ4v) is 2.73. The van der Waals surface area contributed by atoms with Crippen LogP contribution in [0.25, 0.3) is 11.0 Å². The lowest BCUT2D eigenvalue weighted by molar-refractivity contribution is 0.0364. The molecule has 1 N–H and O–H groups in total. The highest BCUT2D eigenvalue weighted by Crippen LogP contribution is 2.20. The SMILES string of the molecule is O=c1[nH]c2cccc(Cl)c2n1CCN1CCOCC1. The zero-order chi connectivity index (χ0) is 13.2. The monoisotopic (exact) mass is 281 g/mol. The van der Waals surface area contributed by atoms with Gasteiger partial charge in [-0.2, -0.15) is 0 Å². The molecule has 1 aromatic carbocycles. The number of imidazole rings is 1. The van der Waals surface area contributed by atoms with Gasteiger partial charge >= 0.3 is 5.69 Å². The Bertz CT molecular complexity index is 628. The minimum atomic E-state index is -0.101. The molecule has 2 aromatic rings. The molecule has 0 unspecified atom stereocenters. The van der Waals surface area contributed by atoms with Gasteiger partial charge in [-0.05, 0) is 12.1 Å². The van der Waals surface area contributed by atoms with Crippen LogP contribution in [0.1, 0.15) is 0 Å². The number of rotatable bonds is 3. The number of fused-ring (bicyclic) bond motifs is 1. The topological polar surface area (TPSA) is 50.3 Å². The Balaban J connectivity index is 1.84. The highest BCUT2D eigenvalue weighted by atomic mass is 35.5. The number of hydrogen-bond donors (Lipinski definition) is 1. The quantitative estimate of drug-likeness (QED) is 0.923. The average Bonchev–Trinajstić information content (AvgIpc) is 2.75. The zero-order valence-electron chi connectivity index (χ0n) is 10.6. The van der Waals surface area contributed by atoms with E-state index >= 15 is 0 Å². The fourth-order valence-electron chi connectivity index (χ4n) is 2.45. The summed E-state index contributed by atoms with van der Waals surface area (Å²) in [6, 6.07) is 5.52. The van der Waals surface area contributed by atoms with Gasteiger partial charge in [-0.3, -0.25) is 9.47 Å². The molecule has 2 heterocycles. The van der Waals surface area contributed by atoms with Crippen molar-refractivity contribution in [1.82, 2.24) is 14.5 Å². The van der Waals surface area contributed by atoms with Gasteiger partial charge in [-0.1, -0.05) is 17.7 Å². The van der Waals surface area contributed by atoms with Crippen molar-refractivity contribution >= 4 is 22.6 Å². The normalized spacial score (nSPS) is 17.1. The van der Waals surface area contributed by atoms with Gasteiger partial charge in [0.25, 0.3) is 0 Å². The highest BCUT2D eigenvalue weighted by Gasteiger charge is 2.13. The van der Waals surface area contributed by atoms with Crippen molar-refractivity contribution in [2.75, 3.05) is 32.8 Å². The second-order valence-corrected chi connectivity index (χ2v) is 5.08. The number of para-hydroxylation sites is 1. The first-order valence-corrected chi connectivity index (χ1v) is 6.80. The van der Waals surface area contributed by atoms with Crippen molar-refractivity contribution < 1.29 is 4.74 Å². The fraction of sp³-hybridized carbons (Fsp3) is 0.462. The first-order valence-electron chi connectivity index (χ1n) is 6.43. The molecule has 0 spiro atoms. The molecule has 0 amide bonds. The van der Waals surface area contributed by atoms with Gasteiger partial charge in [0.05, 0.1) is 29.3 Å². The Morgan fingerprint density at radius 3 is 2.84 bits per heavy atom. The number of hydrogen-bond acceptors (Lipinski definition) is 3. The number of benzene rings is 1. The number of aromatic amines is 1. The Hall–Kier alpha value is -1.30. The number of aromatic nitrogens is 2. The van der Waals surface area contributed by atoms with Crippen molar-refractivity contribution in [3.8, 4) is 0 Å². The summed E-state index contributed by atoms with van der Waals surface area (Å²) in [5, 5.41) is 0.609. The highest BCUT2D eigenvalue weighted by molar-refractivity contribution is 6.34. The maximum atomic E-state index is 12.0. The summed E-state index contributed by atoms with van der Waals surface area (Å²) in [5.41, 5.74) is 1.48. The molecule has 0 radical (unpaired) electrons. The minimum absolute atomic E-state index is 0.101. The van der Waals surface area contributed by atoms with Crippen LogP contribution in [0.2, 0.25) is 5.02 Å². The lowest BCUT2D eigenvalue weighted by atomic mass is 10.3. The first kappa shape index (κ1) is 12.7. The van der Waals surface area contributed by atoms with Gasteiger partial charge < -0.3 is 9.72 Å². The van der Waals surface area contributed by atoms with Crippen LogP contribution in [0.5, 0.6) is 0 Å². The largest absolute Gasteiger partial charge is 0.379 e. The van der Waals surface area contributed by atoms with Crippen LogP contribution in [0, 0.1) is 0 Å². The van der Waals surface area contributed by atoms with E-state index in [2.05, 4.69) is 9.88 Å². The van der Waals surface area contributed by atoms with Crippen molar-refractivity contribution in [1.29, 1.82) is 0 Å². The maximum Gasteiger partial charge on any atom is 0.326 e. The predicted octanol–water partition coefficient (Wildman–Crippen LogP) is 1.32. The third-order valence-corrected chi connectivity index (χ3v) is 3.79. The van der Waals surface area contributed by atoms with E-state index < -0.39 is 0 Å². The standard InChI is InChI=1S/C13H16ClN3O2/c14-10-2-1-3-11-12(10)17(13(18)15-11)5-4-16-6-8-19-9-7-16/h1-3H,4-9H2,(H,15,18). The zero-order valence-corrected chi connectivity index (χ0v) is 11.3. The van der Waals surface area contributed by atoms with Crippen molar-refractivity contribution in [2.45, 2.75) is 6.54 Å². The van der Waals surface area contributed by atoms with Crippen LogP contribution in [0.4, 0.5) is 0 Å². The van der Waals surface area contributed by atoms with Crippen LogP contribution in [0.15, 0.2) is 23.0 Å². The van der Waals surface area contributed by atoms with E-state index in [0.717, 1.165) is 43.9 Å². The molecule has 0 aliphatic carbocycles. The van der Waals surface area contributed by atoms with Crippen LogP contribution >= 0.6 is 11.6 Å². The van der Waals surface area contributed by atoms with E-state index in [1.807, 2.05) is 18.2 Å². The van der Waals surface area contributed by atoms with Gasteiger partial charge in [0, 0.05) is 26.2 Å². The summed E-state index contributed by atoms with van der Waals surface area (Å²) in [6.45, 7) is 4.85. The summed E-state index contributed by atoms with van der Waals surface area (Å²) < 4.78 is 7.03. The molecule has 1 fully saturated rings. The lowest BCUT2D eigenvalue weighted by Crippen LogP contribution is -2.39. The average molecular weight is 282 g/mol. The van der Waals surface area contributed by atoms with Gasteiger partial charge in [0.2, 0.25) is 0 Å². The number of halogens is 1. The van der Waals surface area contributed by atoms with Crippen molar-refractivity contribution in [3.63, 3.8) is 0 Å². The first-order chi connectivity index (χ1) is 9.25. The Morgan fingerprint density at radius 2 is 2.05 bits per heavy atom. The molecule has 102 valence electrons. The summed E-state index contributed by atoms with van der Waals surface area (Å²) >= 11 is 6.18. The molecule has 1 saturated heterocycles. The number of nitrogens with zero attached hydrogens (tertiary/aromatic N) is 2. The number of ether oxygens (including phenoxy) is 1. The second kappa shape index (κ2) is 5.36. The van der Waals surface area contributed by atoms with Crippen LogP contribution < -0.4 is 5.69 Å². The Kier molecular flexibility index (Phi) is 3.59. The van der Waals surface area contributed by atoms with E-state index in [0.29, 0.717) is 11.6 Å². The van der Waals surface area contributed by atoms with Gasteiger partial charge in [0.1, 0.15) is 0 Å². The minimum Gasteiger partial charge on any atom is -0.379 e. The van der Waals surface area contributed by atoms with E-state index in [9.17, 15) is 4.79 Å². The molecule has 1 aliphatic rings. The van der Waals surface area contributed by atoms with Crippen molar-refractivity contribution in [2.24, 2.45) is 0 Å². The van der Waals surface area contributed by atoms with E-state index in [-0.39, 0.29) is 5.69 Å². The van der Waals surface area contributed by atoms with E-state index in [1.54, 1.807) is 4.57 Å². The molecule has 6 heteroatoms. The molecular weight excluding hydrogens is 266 g/mol. The third-order valence-electron chi connectivity index (χ3n) is 3.49. The molecule has 1 aliphatic heterocycles. The van der Waals surface area contributed by atoms with Crippen LogP contribution in [-0.2, 0) is 11.3 Å². The number of nitrogens with one attached hydrogen (secondary N) is 1. The van der Waals surface area contributed by atoms with Crippen molar-refractivity contribution in [3.05, 3.63) is 33.7 Å². The second-order valence-electron chi connectivity index (χ2n) is 4.67. The van der Waals surface area contributed by atoms with Crippen LogP contribution in [0.3, 0.4) is 0 Å². The number of H-pyrrole nitrogens is 1. The van der Waals surface area contributed by atoms with Gasteiger partial charge in [0.15, 0.2) is 0 Å². The van der Waals surface area contributed by atoms with Gasteiger partial charge in [-0.15, -0.1) is 0 Å². The third kappa shape index (κ3) is 2.54. The molecule has 19 heavy (non-hydrogen) atoms. The Morgan fingerprint density at radius 1 is 1.26 bits per heavy atom. The molecule has 3 rings (SSSR count). The van der Waals surface area contributed by atoms with Gasteiger partial charge in [-0.25, -0.2) is 4.79 Å². The summed E-state index contributed by atoms with van der Waals surface area (Å²) in [7, 11) is 0. The predicted molar refractivity (Wildman–Crippen MR) is 74.8 cm³/mol. The Labute approximate surface area is 115 Å². The molecule has 0 saturated carbocycles. The molecular formula is C13H16ClN3O2. The molecule has 1 aromatic heterocycles. The molecule has 0 atom stereocenters. The maximum absolute atomic E-state index is 12.0.